The normalized spacial score (nSPS) is 10.8. The number of furan rings is 1. The Kier molecular flexibility index (Phi) is 2.90. The molecule has 0 saturated carbocycles. The molecule has 84 valence electrons. The van der Waals surface area contributed by atoms with Crippen molar-refractivity contribution in [3.63, 3.8) is 0 Å². The number of nitro benzene ring substituents is 1. The van der Waals surface area contributed by atoms with E-state index in [4.69, 9.17) is 4.42 Å². The minimum atomic E-state index is -0.374. The van der Waals surface area contributed by atoms with Crippen molar-refractivity contribution in [2.45, 2.75) is 26.2 Å². The van der Waals surface area contributed by atoms with Gasteiger partial charge in [-0.05, 0) is 18.6 Å². The van der Waals surface area contributed by atoms with Gasteiger partial charge in [0.25, 0.3) is 5.69 Å². The minimum absolute atomic E-state index is 0.115. The Morgan fingerprint density at radius 3 is 2.94 bits per heavy atom. The molecule has 16 heavy (non-hydrogen) atoms. The lowest BCUT2D eigenvalue weighted by atomic mass is 10.2. The zero-order valence-corrected chi connectivity index (χ0v) is 9.10. The van der Waals surface area contributed by atoms with Gasteiger partial charge in [-0.15, -0.1) is 0 Å². The molecule has 0 bridgehead atoms. The fourth-order valence-corrected chi connectivity index (χ4v) is 1.73. The predicted molar refractivity (Wildman–Crippen MR) is 61.5 cm³/mol. The Morgan fingerprint density at radius 2 is 2.25 bits per heavy atom. The summed E-state index contributed by atoms with van der Waals surface area (Å²) in [6.45, 7) is 2.10. The summed E-state index contributed by atoms with van der Waals surface area (Å²) >= 11 is 0. The van der Waals surface area contributed by atoms with Gasteiger partial charge in [-0.2, -0.15) is 0 Å². The average molecular weight is 219 g/mol. The van der Waals surface area contributed by atoms with E-state index in [-0.39, 0.29) is 10.6 Å². The van der Waals surface area contributed by atoms with Crippen molar-refractivity contribution in [3.8, 4) is 0 Å². The van der Waals surface area contributed by atoms with Crippen LogP contribution in [0, 0.1) is 10.1 Å². The first-order valence-corrected chi connectivity index (χ1v) is 5.38. The molecule has 0 radical (unpaired) electrons. The second-order valence-corrected chi connectivity index (χ2v) is 3.76. The molecule has 0 spiro atoms. The zero-order chi connectivity index (χ0) is 11.5. The van der Waals surface area contributed by atoms with Crippen LogP contribution >= 0.6 is 0 Å². The van der Waals surface area contributed by atoms with Crippen molar-refractivity contribution in [2.24, 2.45) is 0 Å². The molecule has 2 aromatic rings. The van der Waals surface area contributed by atoms with E-state index in [0.717, 1.165) is 25.0 Å². The minimum Gasteiger partial charge on any atom is -0.461 e. The lowest BCUT2D eigenvalue weighted by molar-refractivity contribution is -0.383. The van der Waals surface area contributed by atoms with Gasteiger partial charge in [-0.1, -0.05) is 19.4 Å². The molecule has 1 aromatic heterocycles. The smallest absolute Gasteiger partial charge is 0.280 e. The fourth-order valence-electron chi connectivity index (χ4n) is 1.73. The number of aryl methyl sites for hydroxylation is 1. The molecule has 0 aliphatic heterocycles. The Balaban J connectivity index is 2.44. The van der Waals surface area contributed by atoms with Crippen LogP contribution in [0.5, 0.6) is 0 Å². The number of unbranched alkanes of at least 4 members (excludes halogenated alkanes) is 1. The van der Waals surface area contributed by atoms with Crippen LogP contribution in [-0.2, 0) is 6.42 Å². The van der Waals surface area contributed by atoms with E-state index >= 15 is 0 Å². The second kappa shape index (κ2) is 4.35. The third kappa shape index (κ3) is 1.91. The van der Waals surface area contributed by atoms with E-state index in [1.54, 1.807) is 18.2 Å². The zero-order valence-electron chi connectivity index (χ0n) is 9.10. The Labute approximate surface area is 93.0 Å². The van der Waals surface area contributed by atoms with E-state index in [0.29, 0.717) is 11.0 Å². The first kappa shape index (κ1) is 10.7. The van der Waals surface area contributed by atoms with Crippen molar-refractivity contribution in [2.75, 3.05) is 0 Å². The van der Waals surface area contributed by atoms with E-state index in [9.17, 15) is 10.1 Å². The largest absolute Gasteiger partial charge is 0.461 e. The molecule has 0 atom stereocenters. The molecule has 0 fully saturated rings. The topological polar surface area (TPSA) is 56.3 Å². The van der Waals surface area contributed by atoms with E-state index < -0.39 is 0 Å². The monoisotopic (exact) mass is 219 g/mol. The highest BCUT2D eigenvalue weighted by molar-refractivity contribution is 5.87. The summed E-state index contributed by atoms with van der Waals surface area (Å²) in [6.07, 6.45) is 2.95. The van der Waals surface area contributed by atoms with Crippen molar-refractivity contribution in [3.05, 3.63) is 40.1 Å². The third-order valence-electron chi connectivity index (χ3n) is 2.56. The molecule has 0 unspecified atom stereocenters. The van der Waals surface area contributed by atoms with Gasteiger partial charge in [0.15, 0.2) is 0 Å². The summed E-state index contributed by atoms with van der Waals surface area (Å²) in [4.78, 5) is 10.4. The van der Waals surface area contributed by atoms with E-state index in [2.05, 4.69) is 6.92 Å². The van der Waals surface area contributed by atoms with Crippen LogP contribution in [0.25, 0.3) is 11.0 Å². The number of hydrogen-bond donors (Lipinski definition) is 0. The highest BCUT2D eigenvalue weighted by Gasteiger charge is 2.14. The lowest BCUT2D eigenvalue weighted by Gasteiger charge is -1.91. The van der Waals surface area contributed by atoms with Crippen molar-refractivity contribution < 1.29 is 9.34 Å². The Hall–Kier alpha value is -1.84. The second-order valence-electron chi connectivity index (χ2n) is 3.76. The highest BCUT2D eigenvalue weighted by Crippen LogP contribution is 2.28. The van der Waals surface area contributed by atoms with Gasteiger partial charge in [0.2, 0.25) is 0 Å². The maximum Gasteiger partial charge on any atom is 0.280 e. The van der Waals surface area contributed by atoms with Crippen LogP contribution in [0.4, 0.5) is 5.69 Å². The predicted octanol–water partition coefficient (Wildman–Crippen LogP) is 3.68. The molecule has 2 rings (SSSR count). The van der Waals surface area contributed by atoms with Crippen LogP contribution in [0.1, 0.15) is 25.5 Å². The molecule has 0 aliphatic rings. The van der Waals surface area contributed by atoms with Gasteiger partial charge in [0, 0.05) is 12.5 Å². The number of rotatable bonds is 4. The summed E-state index contributed by atoms with van der Waals surface area (Å²) in [5.74, 6) is 0.825. The van der Waals surface area contributed by atoms with Gasteiger partial charge in [-0.3, -0.25) is 10.1 Å². The maximum absolute atomic E-state index is 10.8. The summed E-state index contributed by atoms with van der Waals surface area (Å²) in [7, 11) is 0. The molecular formula is C12H13NO3. The van der Waals surface area contributed by atoms with Gasteiger partial charge >= 0.3 is 0 Å². The quantitative estimate of drug-likeness (QED) is 0.582. The molecule has 4 heteroatoms. The molecule has 1 aromatic carbocycles. The number of benzene rings is 1. The van der Waals surface area contributed by atoms with Crippen LogP contribution in [-0.4, -0.2) is 4.92 Å². The van der Waals surface area contributed by atoms with Crippen LogP contribution in [0.2, 0.25) is 0 Å². The van der Waals surface area contributed by atoms with Gasteiger partial charge in [0.05, 0.1) is 10.3 Å². The summed E-state index contributed by atoms with van der Waals surface area (Å²) < 4.78 is 5.56. The molecular weight excluding hydrogens is 206 g/mol. The lowest BCUT2D eigenvalue weighted by Crippen LogP contribution is -1.87. The number of non-ortho nitro benzene ring substituents is 1. The number of nitrogens with zero attached hydrogens (tertiary/aromatic N) is 1. The Bertz CT molecular complexity index is 516. The first-order chi connectivity index (χ1) is 7.72. The van der Waals surface area contributed by atoms with Crippen LogP contribution < -0.4 is 0 Å². The summed E-state index contributed by atoms with van der Waals surface area (Å²) in [5.41, 5.74) is 0.712. The maximum atomic E-state index is 10.8. The molecule has 1 heterocycles. The summed E-state index contributed by atoms with van der Waals surface area (Å²) in [6, 6.07) is 6.69. The van der Waals surface area contributed by atoms with E-state index in [1.807, 2.05) is 0 Å². The van der Waals surface area contributed by atoms with Gasteiger partial charge in [-0.25, -0.2) is 0 Å². The number of nitro groups is 1. The van der Waals surface area contributed by atoms with E-state index in [1.165, 1.54) is 6.07 Å². The van der Waals surface area contributed by atoms with Crippen LogP contribution in [0.3, 0.4) is 0 Å². The van der Waals surface area contributed by atoms with Crippen LogP contribution in [0.15, 0.2) is 28.7 Å². The molecule has 0 saturated heterocycles. The van der Waals surface area contributed by atoms with Gasteiger partial charge in [0.1, 0.15) is 11.3 Å². The molecule has 0 N–H and O–H groups in total. The first-order valence-electron chi connectivity index (χ1n) is 5.38. The SMILES string of the molecule is CCCCc1cc2c([N+](=O)[O-])cccc2o1. The number of fused-ring (bicyclic) bond motifs is 1. The standard InChI is InChI=1S/C12H13NO3/c1-2-3-5-9-8-10-11(13(14)15)6-4-7-12(10)16-9/h4,6-8H,2-3,5H2,1H3. The number of hydrogen-bond acceptors (Lipinski definition) is 3. The third-order valence-corrected chi connectivity index (χ3v) is 2.56. The molecule has 0 amide bonds. The fraction of sp³-hybridized carbons (Fsp3) is 0.333. The highest BCUT2D eigenvalue weighted by atomic mass is 16.6. The van der Waals surface area contributed by atoms with Crippen molar-refractivity contribution in [1.82, 2.24) is 0 Å². The Morgan fingerprint density at radius 1 is 1.44 bits per heavy atom. The molecule has 0 aliphatic carbocycles. The summed E-state index contributed by atoms with van der Waals surface area (Å²) in [5, 5.41) is 11.4. The molecule has 4 nitrogen and oxygen atoms in total. The van der Waals surface area contributed by atoms with Gasteiger partial charge < -0.3 is 4.42 Å². The van der Waals surface area contributed by atoms with Crippen molar-refractivity contribution >= 4 is 16.7 Å². The average Bonchev–Trinajstić information content (AvgIpc) is 2.68. The van der Waals surface area contributed by atoms with Crippen molar-refractivity contribution in [1.29, 1.82) is 0 Å².